The first-order valence-corrected chi connectivity index (χ1v) is 14.9. The number of methoxy groups -OCH3 is 1. The maximum absolute atomic E-state index is 14.7. The molecule has 1 fully saturated rings. The normalized spacial score (nSPS) is 19.5. The lowest BCUT2D eigenvalue weighted by molar-refractivity contribution is -0.126. The molecule has 4 rings (SSSR count). The van der Waals surface area contributed by atoms with Crippen LogP contribution in [0.4, 0.5) is 42.1 Å². The van der Waals surface area contributed by atoms with Gasteiger partial charge in [-0.15, -0.1) is 11.3 Å². The molecule has 6 nitrogen and oxygen atoms in total. The van der Waals surface area contributed by atoms with Crippen LogP contribution in [0.1, 0.15) is 16.9 Å². The molecule has 1 aliphatic heterocycles. The fourth-order valence-electron chi connectivity index (χ4n) is 4.57. The highest BCUT2D eigenvalue weighted by Gasteiger charge is 2.43. The van der Waals surface area contributed by atoms with Gasteiger partial charge in [0.05, 0.1) is 52.0 Å². The molecule has 2 heterocycles. The van der Waals surface area contributed by atoms with Gasteiger partial charge in [0.25, 0.3) is 0 Å². The Balaban J connectivity index is 1.60. The Morgan fingerprint density at radius 3 is 2.55 bits per heavy atom. The first kappa shape index (κ1) is 31.7. The molecule has 42 heavy (non-hydrogen) atoms. The number of rotatable bonds is 7. The molecule has 2 aromatic carbocycles. The minimum atomic E-state index is -5.27. The van der Waals surface area contributed by atoms with E-state index in [9.17, 15) is 34.9 Å². The van der Waals surface area contributed by atoms with Crippen molar-refractivity contribution in [3.05, 3.63) is 46.8 Å². The maximum atomic E-state index is 14.7. The van der Waals surface area contributed by atoms with Gasteiger partial charge in [0.1, 0.15) is 11.9 Å². The van der Waals surface area contributed by atoms with Crippen molar-refractivity contribution >= 4 is 42.5 Å². The van der Waals surface area contributed by atoms with Crippen molar-refractivity contribution in [2.24, 2.45) is 0 Å². The van der Waals surface area contributed by atoms with Crippen LogP contribution in [-0.2, 0) is 16.1 Å². The van der Waals surface area contributed by atoms with Crippen LogP contribution in [0.25, 0.3) is 10.1 Å². The van der Waals surface area contributed by atoms with Crippen LogP contribution in [0.15, 0.2) is 41.3 Å². The predicted octanol–water partition coefficient (Wildman–Crippen LogP) is 6.86. The van der Waals surface area contributed by atoms with E-state index in [0.717, 1.165) is 29.5 Å². The van der Waals surface area contributed by atoms with Gasteiger partial charge in [0.2, 0.25) is 0 Å². The summed E-state index contributed by atoms with van der Waals surface area (Å²) >= 11 is 1.06. The summed E-state index contributed by atoms with van der Waals surface area (Å²) in [6.45, 7) is 0.813. The summed E-state index contributed by atoms with van der Waals surface area (Å²) in [7, 11) is -2.09. The number of ether oxygens (including phenoxy) is 1. The zero-order valence-corrected chi connectivity index (χ0v) is 24.0. The van der Waals surface area contributed by atoms with Gasteiger partial charge in [-0.3, -0.25) is 0 Å². The Hall–Kier alpha value is -3.22. The summed E-state index contributed by atoms with van der Waals surface area (Å²) in [5, 5.41) is 6.35. The van der Waals surface area contributed by atoms with Gasteiger partial charge in [0, 0.05) is 13.1 Å². The van der Waals surface area contributed by atoms with Gasteiger partial charge in [-0.2, -0.15) is 26.3 Å². The van der Waals surface area contributed by atoms with Crippen LogP contribution in [0.3, 0.4) is 0 Å². The lowest BCUT2D eigenvalue weighted by atomic mass is 10.0. The van der Waals surface area contributed by atoms with Gasteiger partial charge in [0.15, 0.2) is 9.73 Å². The van der Waals surface area contributed by atoms with E-state index in [1.165, 1.54) is 7.11 Å². The third-order valence-electron chi connectivity index (χ3n) is 6.68. The van der Waals surface area contributed by atoms with Crippen LogP contribution in [0.5, 0.6) is 5.75 Å². The van der Waals surface area contributed by atoms with Crippen molar-refractivity contribution < 1.29 is 39.7 Å². The maximum Gasteiger partial charge on any atom is 0.483 e. The summed E-state index contributed by atoms with van der Waals surface area (Å²) in [6, 6.07) is 7.28. The standard InChI is InChI=1S/C27H27F7N4O2S2/c1-38-12-10-20(19(28)15-38)37-22-6-3-5-17-18(14-26(29,30)31)24(41-25(17)22)7-4-11-36-21-9-8-16(13-23(21)40-2)42(35,39)27(32,33)34/h3,5-6,8-9,13,19-20,35-37H,10-12,14-15H2,1-2H3/t19-,20+,42?/m0/s1. The smallest absolute Gasteiger partial charge is 0.483 e. The Morgan fingerprint density at radius 1 is 1.17 bits per heavy atom. The number of fused-ring (bicyclic) bond motifs is 1. The Kier molecular flexibility index (Phi) is 9.19. The number of alkyl halides is 7. The first-order chi connectivity index (χ1) is 19.6. The Labute approximate surface area is 242 Å². The van der Waals surface area contributed by atoms with E-state index in [2.05, 4.69) is 22.5 Å². The molecule has 3 aromatic rings. The second kappa shape index (κ2) is 12.2. The number of benzene rings is 2. The predicted molar refractivity (Wildman–Crippen MR) is 150 cm³/mol. The summed E-state index contributed by atoms with van der Waals surface area (Å²) in [5.41, 5.74) is -4.56. The average molecular weight is 637 g/mol. The van der Waals surface area contributed by atoms with Crippen molar-refractivity contribution in [3.8, 4) is 17.6 Å². The van der Waals surface area contributed by atoms with Gasteiger partial charge in [-0.25, -0.2) is 13.4 Å². The minimum Gasteiger partial charge on any atom is -0.495 e. The summed E-state index contributed by atoms with van der Waals surface area (Å²) in [5.74, 6) is 5.39. The molecule has 0 amide bonds. The monoisotopic (exact) mass is 636 g/mol. The van der Waals surface area contributed by atoms with Gasteiger partial charge < -0.3 is 20.3 Å². The van der Waals surface area contributed by atoms with Crippen LogP contribution in [0, 0.1) is 16.6 Å². The average Bonchev–Trinajstić information content (AvgIpc) is 3.24. The van der Waals surface area contributed by atoms with Crippen LogP contribution in [-0.4, -0.2) is 66.8 Å². The number of thiophene rings is 1. The van der Waals surface area contributed by atoms with E-state index < -0.39 is 44.9 Å². The number of likely N-dealkylation sites (tertiary alicyclic amines) is 1. The highest BCUT2D eigenvalue weighted by atomic mass is 32.2. The zero-order chi connectivity index (χ0) is 30.9. The van der Waals surface area contributed by atoms with E-state index in [0.29, 0.717) is 28.7 Å². The van der Waals surface area contributed by atoms with E-state index in [4.69, 9.17) is 9.52 Å². The molecule has 228 valence electrons. The fourth-order valence-corrected chi connectivity index (χ4v) is 6.54. The van der Waals surface area contributed by atoms with Crippen molar-refractivity contribution in [2.45, 2.75) is 41.6 Å². The summed E-state index contributed by atoms with van der Waals surface area (Å²) in [6.07, 6.45) is -6.33. The molecular weight excluding hydrogens is 609 g/mol. The van der Waals surface area contributed by atoms with E-state index in [1.54, 1.807) is 18.2 Å². The number of hydrogen-bond acceptors (Lipinski definition) is 7. The second-order valence-electron chi connectivity index (χ2n) is 9.72. The molecular formula is C27H27F7N4O2S2. The Bertz CT molecular complexity index is 1610. The first-order valence-electron chi connectivity index (χ1n) is 12.6. The molecule has 0 spiro atoms. The van der Waals surface area contributed by atoms with Crippen molar-refractivity contribution in [1.29, 1.82) is 4.78 Å². The SMILES string of the molecule is COc1cc(S(=N)(=O)C(F)(F)F)ccc1NCC#Cc1sc2c(N[C@@H]3CCN(C)C[C@@H]3F)cccc2c1CC(F)(F)F. The number of nitrogens with zero attached hydrogens (tertiary/aromatic N) is 1. The fraction of sp³-hybridized carbons (Fsp3) is 0.407. The lowest BCUT2D eigenvalue weighted by Gasteiger charge is -2.33. The van der Waals surface area contributed by atoms with Crippen LogP contribution in [0.2, 0.25) is 0 Å². The molecule has 1 unspecified atom stereocenters. The minimum absolute atomic E-state index is 0.00174. The van der Waals surface area contributed by atoms with Crippen LogP contribution < -0.4 is 15.4 Å². The van der Waals surface area contributed by atoms with Crippen molar-refractivity contribution in [3.63, 3.8) is 0 Å². The Morgan fingerprint density at radius 2 is 1.90 bits per heavy atom. The van der Waals surface area contributed by atoms with Gasteiger partial charge >= 0.3 is 11.7 Å². The number of anilines is 2. The van der Waals surface area contributed by atoms with Crippen molar-refractivity contribution in [1.82, 2.24) is 4.90 Å². The number of halogens is 7. The quantitative estimate of drug-likeness (QED) is 0.195. The molecule has 0 aliphatic carbocycles. The van der Waals surface area contributed by atoms with Crippen molar-refractivity contribution in [2.75, 3.05) is 44.4 Å². The molecule has 0 bridgehead atoms. The zero-order valence-electron chi connectivity index (χ0n) is 22.4. The number of piperidine rings is 1. The summed E-state index contributed by atoms with van der Waals surface area (Å²) < 4.78 is 119. The topological polar surface area (TPSA) is 77.4 Å². The van der Waals surface area contributed by atoms with Gasteiger partial charge in [-0.1, -0.05) is 24.0 Å². The molecule has 3 N–H and O–H groups in total. The lowest BCUT2D eigenvalue weighted by Crippen LogP contribution is -2.46. The molecule has 1 aliphatic rings. The highest BCUT2D eigenvalue weighted by Crippen LogP contribution is 2.40. The largest absolute Gasteiger partial charge is 0.495 e. The molecule has 15 heteroatoms. The number of hydrogen-bond donors (Lipinski definition) is 3. The van der Waals surface area contributed by atoms with E-state index >= 15 is 0 Å². The highest BCUT2D eigenvalue weighted by molar-refractivity contribution is 7.93. The third kappa shape index (κ3) is 7.04. The molecule has 1 saturated heterocycles. The second-order valence-corrected chi connectivity index (χ2v) is 12.8. The summed E-state index contributed by atoms with van der Waals surface area (Å²) in [4.78, 5) is 1.27. The van der Waals surface area contributed by atoms with Crippen LogP contribution >= 0.6 is 11.3 Å². The molecule has 0 radical (unpaired) electrons. The molecule has 3 atom stereocenters. The van der Waals surface area contributed by atoms with E-state index in [-0.39, 0.29) is 35.0 Å². The number of nitrogens with one attached hydrogen (secondary N) is 3. The van der Waals surface area contributed by atoms with E-state index in [1.807, 2.05) is 11.9 Å². The third-order valence-corrected chi connectivity index (χ3v) is 9.45. The van der Waals surface area contributed by atoms with Gasteiger partial charge in [-0.05, 0) is 48.7 Å². The molecule has 1 aromatic heterocycles. The molecule has 0 saturated carbocycles.